The Labute approximate surface area is 109 Å². The van der Waals surface area contributed by atoms with Gasteiger partial charge < -0.3 is 10.1 Å². The van der Waals surface area contributed by atoms with Crippen LogP contribution in [0.15, 0.2) is 34.3 Å². The van der Waals surface area contributed by atoms with Crippen molar-refractivity contribution in [1.82, 2.24) is 5.32 Å². The highest BCUT2D eigenvalue weighted by atomic mass is 79.9. The number of hydrogen-bond acceptors (Lipinski definition) is 3. The number of benzene rings is 1. The highest BCUT2D eigenvalue weighted by Crippen LogP contribution is 2.27. The predicted molar refractivity (Wildman–Crippen MR) is 70.6 cm³/mol. The van der Waals surface area contributed by atoms with Crippen molar-refractivity contribution >= 4 is 27.5 Å². The molecule has 1 aromatic rings. The molecule has 1 aliphatic rings. The van der Waals surface area contributed by atoms with Crippen LogP contribution in [0, 0.1) is 0 Å². The number of ether oxygens (including phenoxy) is 1. The molecule has 1 heterocycles. The molecule has 0 bridgehead atoms. The van der Waals surface area contributed by atoms with Crippen molar-refractivity contribution in [3.05, 3.63) is 39.9 Å². The Hall–Kier alpha value is -1.13. The summed E-state index contributed by atoms with van der Waals surface area (Å²) in [5, 5.41) is 3.19. The van der Waals surface area contributed by atoms with Crippen molar-refractivity contribution in [3.8, 4) is 0 Å². The molecule has 0 radical (unpaired) electrons. The smallest absolute Gasteiger partial charge is 0.335 e. The molecule has 90 valence electrons. The molecule has 0 amide bonds. The summed E-state index contributed by atoms with van der Waals surface area (Å²) in [4.78, 5) is 11.7. The van der Waals surface area contributed by atoms with E-state index in [0.717, 1.165) is 34.1 Å². The van der Waals surface area contributed by atoms with Crippen molar-refractivity contribution < 1.29 is 9.53 Å². The molecule has 0 atom stereocenters. The normalized spacial score (nSPS) is 15.9. The maximum absolute atomic E-state index is 11.7. The Morgan fingerprint density at radius 3 is 3.00 bits per heavy atom. The molecule has 0 aliphatic carbocycles. The first kappa shape index (κ1) is 12.3. The Morgan fingerprint density at radius 1 is 1.47 bits per heavy atom. The van der Waals surface area contributed by atoms with Gasteiger partial charge in [0.15, 0.2) is 0 Å². The van der Waals surface area contributed by atoms with Crippen LogP contribution in [-0.2, 0) is 9.53 Å². The van der Waals surface area contributed by atoms with E-state index in [1.165, 1.54) is 7.11 Å². The minimum atomic E-state index is -0.243. The van der Waals surface area contributed by atoms with E-state index >= 15 is 0 Å². The highest BCUT2D eigenvalue weighted by Gasteiger charge is 2.20. The van der Waals surface area contributed by atoms with Gasteiger partial charge in [-0.1, -0.05) is 28.1 Å². The van der Waals surface area contributed by atoms with Crippen LogP contribution in [0.3, 0.4) is 0 Å². The molecule has 0 aromatic heterocycles. The fourth-order valence-electron chi connectivity index (χ4n) is 2.00. The summed E-state index contributed by atoms with van der Waals surface area (Å²) in [5.41, 5.74) is 2.90. The third-order valence-corrected chi connectivity index (χ3v) is 3.32. The first-order valence-electron chi connectivity index (χ1n) is 5.49. The Balaban J connectivity index is 2.45. The van der Waals surface area contributed by atoms with Crippen molar-refractivity contribution in [3.63, 3.8) is 0 Å². The molecule has 1 aliphatic heterocycles. The number of hydrogen-bond donors (Lipinski definition) is 1. The van der Waals surface area contributed by atoms with Gasteiger partial charge in [-0.3, -0.25) is 0 Å². The van der Waals surface area contributed by atoms with Gasteiger partial charge in [-0.2, -0.15) is 0 Å². The molecule has 0 unspecified atom stereocenters. The molecule has 0 saturated heterocycles. The van der Waals surface area contributed by atoms with Gasteiger partial charge in [0.1, 0.15) is 0 Å². The quantitative estimate of drug-likeness (QED) is 0.852. The molecular weight excluding hydrogens is 282 g/mol. The van der Waals surface area contributed by atoms with E-state index in [1.807, 2.05) is 24.3 Å². The number of esters is 1. The number of rotatable bonds is 2. The average molecular weight is 296 g/mol. The fraction of sp³-hybridized carbons (Fsp3) is 0.308. The third kappa shape index (κ3) is 2.76. The Morgan fingerprint density at radius 2 is 2.29 bits per heavy atom. The number of methoxy groups -OCH3 is 1. The lowest BCUT2D eigenvalue weighted by Crippen LogP contribution is -2.28. The maximum Gasteiger partial charge on any atom is 0.335 e. The minimum Gasteiger partial charge on any atom is -0.466 e. The van der Waals surface area contributed by atoms with Crippen LogP contribution in [-0.4, -0.2) is 26.2 Å². The van der Waals surface area contributed by atoms with E-state index in [-0.39, 0.29) is 5.97 Å². The van der Waals surface area contributed by atoms with E-state index in [0.29, 0.717) is 6.54 Å². The molecule has 1 N–H and O–H groups in total. The number of halogens is 1. The zero-order chi connectivity index (χ0) is 12.3. The summed E-state index contributed by atoms with van der Waals surface area (Å²) in [5.74, 6) is -0.243. The van der Waals surface area contributed by atoms with Crippen LogP contribution in [0.4, 0.5) is 0 Å². The average Bonchev–Trinajstić information content (AvgIpc) is 2.38. The van der Waals surface area contributed by atoms with Gasteiger partial charge in [0.2, 0.25) is 0 Å². The zero-order valence-electron chi connectivity index (χ0n) is 9.63. The van der Waals surface area contributed by atoms with Gasteiger partial charge in [0.05, 0.1) is 12.7 Å². The molecule has 0 saturated carbocycles. The van der Waals surface area contributed by atoms with Crippen LogP contribution in [0.5, 0.6) is 0 Å². The largest absolute Gasteiger partial charge is 0.466 e. The third-order valence-electron chi connectivity index (χ3n) is 2.82. The van der Waals surface area contributed by atoms with Crippen molar-refractivity contribution in [2.75, 3.05) is 20.2 Å². The van der Waals surface area contributed by atoms with Crippen LogP contribution in [0.1, 0.15) is 12.0 Å². The van der Waals surface area contributed by atoms with E-state index < -0.39 is 0 Å². The van der Waals surface area contributed by atoms with E-state index in [4.69, 9.17) is 4.74 Å². The van der Waals surface area contributed by atoms with Crippen LogP contribution >= 0.6 is 15.9 Å². The van der Waals surface area contributed by atoms with E-state index in [2.05, 4.69) is 21.2 Å². The maximum atomic E-state index is 11.7. The van der Waals surface area contributed by atoms with Crippen LogP contribution in [0.2, 0.25) is 0 Å². The lowest BCUT2D eigenvalue weighted by Gasteiger charge is -2.20. The van der Waals surface area contributed by atoms with Gasteiger partial charge >= 0.3 is 5.97 Å². The number of carbonyl (C=O) groups is 1. The Kier molecular flexibility index (Phi) is 3.97. The van der Waals surface area contributed by atoms with Crippen LogP contribution in [0.25, 0.3) is 5.57 Å². The minimum absolute atomic E-state index is 0.243. The van der Waals surface area contributed by atoms with Gasteiger partial charge in [-0.05, 0) is 36.2 Å². The Bertz CT molecular complexity index is 468. The van der Waals surface area contributed by atoms with Gasteiger partial charge in [-0.15, -0.1) is 0 Å². The molecule has 1 aromatic carbocycles. The summed E-state index contributed by atoms with van der Waals surface area (Å²) in [6, 6.07) is 8.00. The first-order chi connectivity index (χ1) is 8.22. The lowest BCUT2D eigenvalue weighted by atomic mass is 9.94. The molecule has 0 fully saturated rings. The topological polar surface area (TPSA) is 38.3 Å². The molecule has 0 spiro atoms. The number of nitrogens with one attached hydrogen (secondary N) is 1. The second kappa shape index (κ2) is 5.47. The zero-order valence-corrected chi connectivity index (χ0v) is 11.2. The second-order valence-corrected chi connectivity index (χ2v) is 4.80. The molecule has 4 heteroatoms. The fourth-order valence-corrected chi connectivity index (χ4v) is 2.40. The summed E-state index contributed by atoms with van der Waals surface area (Å²) < 4.78 is 5.84. The second-order valence-electron chi connectivity index (χ2n) is 3.89. The van der Waals surface area contributed by atoms with E-state index in [1.54, 1.807) is 0 Å². The van der Waals surface area contributed by atoms with Gasteiger partial charge in [0, 0.05) is 11.0 Å². The summed E-state index contributed by atoms with van der Waals surface area (Å²) in [7, 11) is 1.42. The van der Waals surface area contributed by atoms with Crippen molar-refractivity contribution in [2.24, 2.45) is 0 Å². The number of carbonyl (C=O) groups excluding carboxylic acids is 1. The molecule has 17 heavy (non-hydrogen) atoms. The standard InChI is InChI=1S/C13H14BrNO2/c1-17-13(16)12-8-15-6-5-11(12)9-3-2-4-10(14)7-9/h2-4,7,15H,5-6,8H2,1H3. The van der Waals surface area contributed by atoms with Gasteiger partial charge in [-0.25, -0.2) is 4.79 Å². The monoisotopic (exact) mass is 295 g/mol. The summed E-state index contributed by atoms with van der Waals surface area (Å²) in [6.07, 6.45) is 0.848. The first-order valence-corrected chi connectivity index (χ1v) is 6.28. The van der Waals surface area contributed by atoms with E-state index in [9.17, 15) is 4.79 Å². The summed E-state index contributed by atoms with van der Waals surface area (Å²) >= 11 is 3.45. The van der Waals surface area contributed by atoms with Crippen molar-refractivity contribution in [1.29, 1.82) is 0 Å². The molecular formula is C13H14BrNO2. The summed E-state index contributed by atoms with van der Waals surface area (Å²) in [6.45, 7) is 1.47. The molecule has 2 rings (SSSR count). The SMILES string of the molecule is COC(=O)C1=C(c2cccc(Br)c2)CCNC1. The lowest BCUT2D eigenvalue weighted by molar-refractivity contribution is -0.136. The highest BCUT2D eigenvalue weighted by molar-refractivity contribution is 9.10. The van der Waals surface area contributed by atoms with Crippen molar-refractivity contribution in [2.45, 2.75) is 6.42 Å². The predicted octanol–water partition coefficient (Wildman–Crippen LogP) is 2.37. The van der Waals surface area contributed by atoms with Crippen LogP contribution < -0.4 is 5.32 Å². The molecule has 3 nitrogen and oxygen atoms in total. The van der Waals surface area contributed by atoms with Gasteiger partial charge in [0.25, 0.3) is 0 Å².